The molecule has 2 atom stereocenters. The van der Waals surface area contributed by atoms with Crippen molar-refractivity contribution < 1.29 is 188 Å². The summed E-state index contributed by atoms with van der Waals surface area (Å²) in [7, 11) is 0. The summed E-state index contributed by atoms with van der Waals surface area (Å²) < 4.78 is 15.0. The van der Waals surface area contributed by atoms with Crippen molar-refractivity contribution in [2.75, 3.05) is 0 Å². The van der Waals surface area contributed by atoms with Gasteiger partial charge in [0, 0.05) is 5.92 Å². The Labute approximate surface area is 362 Å². The zero-order valence-corrected chi connectivity index (χ0v) is 38.8. The van der Waals surface area contributed by atoms with Crippen LogP contribution in [0.1, 0.15) is 81.6 Å². The van der Waals surface area contributed by atoms with Crippen molar-refractivity contribution in [1.82, 2.24) is 5.32 Å². The van der Waals surface area contributed by atoms with E-state index in [0.29, 0.717) is 6.42 Å². The molecule has 0 saturated heterocycles. The number of nitrogens with one attached hydrogen (secondary N) is 1. The number of ketones is 1. The Bertz CT molecular complexity index is 938. The number of carbonyl (C=O) groups is 5. The van der Waals surface area contributed by atoms with E-state index < -0.39 is 17.7 Å². The number of alkyl carbamates (subject to hydrolysis) is 1. The van der Waals surface area contributed by atoms with Gasteiger partial charge in [0.1, 0.15) is 17.1 Å². The average molecular weight is 819 g/mol. The van der Waals surface area contributed by atoms with E-state index in [1.165, 1.54) is 0 Å². The molecule has 0 aliphatic carbocycles. The van der Waals surface area contributed by atoms with Crippen molar-refractivity contribution >= 4 is 30.3 Å². The molecule has 1 aromatic carbocycles. The zero-order chi connectivity index (χ0) is 30.8. The van der Waals surface area contributed by atoms with Crippen LogP contribution in [0.15, 0.2) is 42.6 Å². The minimum absolute atomic E-state index is 0. The minimum Gasteiger partial charge on any atom is -1.00 e. The molecule has 13 heteroatoms. The standard InChI is InChI=1S/C16H22O3.C11H19NO4.CH2O3.2Cs.H/c1-11(2)19-16(18)12(3)10-15(13(4)17)14-8-6-5-7-9-14;1-7(2)15-9(13)8(3)12-10(14)16-11(4,5)6;2-1-4-3;;;/h5-9,11-12,15H,10H2,1-4H3;7H,3H2,1-2,4-6H3,(H,12,14);1,3H;;;/q;;;2*+1;-1/p-1. The Morgan fingerprint density at radius 1 is 0.976 bits per heavy atom. The summed E-state index contributed by atoms with van der Waals surface area (Å²) in [5, 5.41) is 10.6. The molecule has 41 heavy (non-hydrogen) atoms. The molecule has 2 unspecified atom stereocenters. The van der Waals surface area contributed by atoms with Crippen LogP contribution < -0.4 is 148 Å². The second kappa shape index (κ2) is 26.7. The first-order chi connectivity index (χ1) is 17.9. The van der Waals surface area contributed by atoms with Crippen molar-refractivity contribution in [3.8, 4) is 0 Å². The van der Waals surface area contributed by atoms with E-state index >= 15 is 0 Å². The van der Waals surface area contributed by atoms with E-state index in [1.807, 2.05) is 51.1 Å². The van der Waals surface area contributed by atoms with Crippen molar-refractivity contribution in [3.63, 3.8) is 0 Å². The topological polar surface area (TPSA) is 157 Å². The molecule has 0 bridgehead atoms. The number of carbonyl (C=O) groups excluding carboxylic acids is 5. The molecular weight excluding hydrogens is 776 g/mol. The summed E-state index contributed by atoms with van der Waals surface area (Å²) in [4.78, 5) is 57.4. The Kier molecular flexibility index (Phi) is 31.5. The van der Waals surface area contributed by atoms with Crippen LogP contribution in [0.3, 0.4) is 0 Å². The fourth-order valence-corrected chi connectivity index (χ4v) is 2.78. The maximum Gasteiger partial charge on any atom is 1.00 e. The van der Waals surface area contributed by atoms with Gasteiger partial charge in [-0.1, -0.05) is 43.8 Å². The van der Waals surface area contributed by atoms with Gasteiger partial charge in [-0.05, 0) is 67.4 Å². The molecule has 0 saturated carbocycles. The molecule has 0 aromatic heterocycles. The normalized spacial score (nSPS) is 11.2. The van der Waals surface area contributed by atoms with Gasteiger partial charge in [0.2, 0.25) is 0 Å². The van der Waals surface area contributed by atoms with E-state index in [4.69, 9.17) is 24.3 Å². The van der Waals surface area contributed by atoms with Crippen LogP contribution in [0, 0.1) is 5.92 Å². The van der Waals surface area contributed by atoms with E-state index in [9.17, 15) is 19.2 Å². The van der Waals surface area contributed by atoms with Crippen LogP contribution in [0.5, 0.6) is 0 Å². The number of rotatable bonds is 10. The first kappa shape index (κ1) is 48.3. The maximum atomic E-state index is 11.8. The van der Waals surface area contributed by atoms with E-state index in [2.05, 4.69) is 16.8 Å². The summed E-state index contributed by atoms with van der Waals surface area (Å²) in [6.07, 6.45) is -0.615. The van der Waals surface area contributed by atoms with Crippen molar-refractivity contribution in [1.29, 1.82) is 0 Å². The summed E-state index contributed by atoms with van der Waals surface area (Å²) >= 11 is 0. The monoisotopic (exact) mass is 819 g/mol. The quantitative estimate of drug-likeness (QED) is 0.0692. The molecule has 0 radical (unpaired) electrons. The molecule has 222 valence electrons. The van der Waals surface area contributed by atoms with Gasteiger partial charge in [-0.15, -0.1) is 0 Å². The number of esters is 2. The van der Waals surface area contributed by atoms with Crippen LogP contribution in [0.4, 0.5) is 4.79 Å². The second-order valence-corrected chi connectivity index (χ2v) is 9.95. The van der Waals surface area contributed by atoms with Gasteiger partial charge in [0.05, 0.1) is 18.1 Å². The van der Waals surface area contributed by atoms with Crippen molar-refractivity contribution in [3.05, 3.63) is 48.2 Å². The van der Waals surface area contributed by atoms with Crippen LogP contribution in [-0.4, -0.2) is 48.1 Å². The van der Waals surface area contributed by atoms with Crippen LogP contribution in [0.25, 0.3) is 0 Å². The van der Waals surface area contributed by atoms with E-state index in [0.717, 1.165) is 5.56 Å². The number of Topliss-reactive ketones (excluding diaryl/α,β-unsaturated/α-hetero) is 1. The van der Waals surface area contributed by atoms with E-state index in [-0.39, 0.29) is 187 Å². The van der Waals surface area contributed by atoms with Crippen molar-refractivity contribution in [2.45, 2.75) is 92.5 Å². The van der Waals surface area contributed by atoms with Gasteiger partial charge in [0.15, 0.2) is 0 Å². The molecule has 1 N–H and O–H groups in total. The smallest absolute Gasteiger partial charge is 1.00 e. The third-order valence-corrected chi connectivity index (χ3v) is 4.32. The first-order valence-electron chi connectivity index (χ1n) is 12.3. The van der Waals surface area contributed by atoms with Gasteiger partial charge in [-0.25, -0.2) is 9.59 Å². The minimum atomic E-state index is -0.724. The van der Waals surface area contributed by atoms with E-state index in [1.54, 1.807) is 41.5 Å². The largest absolute Gasteiger partial charge is 1.00 e. The average Bonchev–Trinajstić information content (AvgIpc) is 2.81. The Morgan fingerprint density at radius 2 is 1.44 bits per heavy atom. The third kappa shape index (κ3) is 27.6. The molecule has 0 spiro atoms. The van der Waals surface area contributed by atoms with Gasteiger partial charge in [-0.3, -0.25) is 19.7 Å². The van der Waals surface area contributed by atoms with Gasteiger partial charge in [0.25, 0.3) is 6.47 Å². The Hall–Kier alpha value is 0.374. The number of hydrogen-bond acceptors (Lipinski definition) is 10. The second-order valence-electron chi connectivity index (χ2n) is 9.95. The fraction of sp³-hybridized carbons (Fsp3) is 0.536. The molecule has 0 fully saturated rings. The predicted octanol–water partition coefficient (Wildman–Crippen LogP) is -2.13. The number of benzene rings is 1. The Morgan fingerprint density at radius 3 is 1.80 bits per heavy atom. The summed E-state index contributed by atoms with van der Waals surface area (Å²) in [6.45, 7) is 18.8. The molecule has 1 rings (SSSR count). The molecule has 0 aliphatic heterocycles. The number of hydrogen-bond donors (Lipinski definition) is 1. The predicted molar refractivity (Wildman–Crippen MR) is 143 cm³/mol. The molecule has 1 amide bonds. The van der Waals surface area contributed by atoms with Crippen LogP contribution in [0.2, 0.25) is 0 Å². The summed E-state index contributed by atoms with van der Waals surface area (Å²) in [5.41, 5.74) is 0.203. The molecule has 1 aromatic rings. The summed E-state index contributed by atoms with van der Waals surface area (Å²) in [5.74, 6) is -1.35. The fourth-order valence-electron chi connectivity index (χ4n) is 2.78. The van der Waals surface area contributed by atoms with Crippen LogP contribution >= 0.6 is 0 Å². The molecule has 0 aliphatic rings. The molecule has 11 nitrogen and oxygen atoms in total. The SMILES string of the molecule is C=C(NC(=O)OC(C)(C)C)C(=O)OC(C)C.CC(=O)C(CC(C)C(=O)OC(C)C)c1ccccc1.O=CO[O-].[Cs+].[Cs+].[H-]. The Balaban J connectivity index is -0.000000183. The summed E-state index contributed by atoms with van der Waals surface area (Å²) in [6, 6.07) is 9.57. The third-order valence-electron chi connectivity index (χ3n) is 4.32. The maximum absolute atomic E-state index is 11.8. The molecule has 0 heterocycles. The first-order valence-corrected chi connectivity index (χ1v) is 12.3. The van der Waals surface area contributed by atoms with Gasteiger partial charge in [-0.2, -0.15) is 0 Å². The van der Waals surface area contributed by atoms with Crippen LogP contribution in [-0.2, 0) is 38.3 Å². The van der Waals surface area contributed by atoms with Gasteiger partial charge >= 0.3 is 156 Å². The number of amides is 1. The molecular formula is C28H43Cs2NO10. The van der Waals surface area contributed by atoms with Crippen molar-refractivity contribution in [2.24, 2.45) is 5.92 Å². The zero-order valence-electron chi connectivity index (χ0n) is 27.3. The van der Waals surface area contributed by atoms with Gasteiger partial charge < -0.3 is 25.8 Å². The number of ether oxygens (including phenoxy) is 3.